The smallest absolute Gasteiger partial charge is 0.296 e. The zero-order valence-electron chi connectivity index (χ0n) is 15.3. The Morgan fingerprint density at radius 3 is 2.62 bits per heavy atom. The average molecular weight is 411 g/mol. The van der Waals surface area contributed by atoms with Crippen LogP contribution in [-0.2, 0) is 14.3 Å². The van der Waals surface area contributed by atoms with E-state index in [1.807, 2.05) is 0 Å². The summed E-state index contributed by atoms with van der Waals surface area (Å²) in [5.74, 6) is -0.564. The lowest BCUT2D eigenvalue weighted by Crippen LogP contribution is -2.39. The fraction of sp³-hybridized carbons (Fsp3) is 0.350. The van der Waals surface area contributed by atoms with Crippen LogP contribution in [0.25, 0.3) is 0 Å². The van der Waals surface area contributed by atoms with E-state index >= 15 is 0 Å². The second kappa shape index (κ2) is 6.77. The molecule has 3 aliphatic rings. The van der Waals surface area contributed by atoms with Crippen LogP contribution in [0.1, 0.15) is 37.3 Å². The minimum atomic E-state index is -0.695. The Balaban J connectivity index is 1.63. The molecule has 0 saturated heterocycles. The molecule has 1 aliphatic carbocycles. The first kappa shape index (κ1) is 18.0. The molecule has 29 heavy (non-hydrogen) atoms. The molecule has 1 amide bonds. The van der Waals surface area contributed by atoms with Crippen LogP contribution < -0.4 is 4.90 Å². The lowest BCUT2D eigenvalue weighted by Gasteiger charge is -2.35. The van der Waals surface area contributed by atoms with Gasteiger partial charge in [-0.15, -0.1) is 11.3 Å². The molecule has 3 heterocycles. The Bertz CT molecular complexity index is 1030. The lowest BCUT2D eigenvalue weighted by molar-refractivity contribution is -0.384. The standard InChI is InChI=1S/C20H17N3O5S/c24-17-13-3-1-2-4-14(13)28-18-15(17)16(11-5-7-12(8-6-11)23(26)27)22(19(18)25)20-21-9-10-29-20/h5-10,13-14,16H,1-4H2. The van der Waals surface area contributed by atoms with Crippen molar-refractivity contribution in [2.45, 2.75) is 37.8 Å². The van der Waals surface area contributed by atoms with Crippen molar-refractivity contribution in [2.24, 2.45) is 5.92 Å². The van der Waals surface area contributed by atoms with Crippen LogP contribution in [0.2, 0.25) is 0 Å². The van der Waals surface area contributed by atoms with E-state index in [1.165, 1.54) is 28.4 Å². The first-order valence-corrected chi connectivity index (χ1v) is 10.4. The lowest BCUT2D eigenvalue weighted by atomic mass is 9.77. The molecule has 3 atom stereocenters. The normalized spacial score (nSPS) is 26.2. The third-order valence-corrected chi connectivity index (χ3v) is 6.58. The monoisotopic (exact) mass is 411 g/mol. The number of carbonyl (C=O) groups excluding carboxylic acids is 2. The second-order valence-electron chi connectivity index (χ2n) is 7.40. The summed E-state index contributed by atoms with van der Waals surface area (Å²) in [6.45, 7) is 0. The molecule has 3 unspecified atom stereocenters. The number of anilines is 1. The molecule has 0 radical (unpaired) electrons. The number of hydrogen-bond acceptors (Lipinski definition) is 7. The predicted octanol–water partition coefficient (Wildman–Crippen LogP) is 3.55. The van der Waals surface area contributed by atoms with Gasteiger partial charge in [-0.3, -0.25) is 24.6 Å². The van der Waals surface area contributed by atoms with Gasteiger partial charge in [0.2, 0.25) is 0 Å². The van der Waals surface area contributed by atoms with Gasteiger partial charge in [0.1, 0.15) is 6.10 Å². The molecule has 8 nitrogen and oxygen atoms in total. The van der Waals surface area contributed by atoms with E-state index in [0.717, 1.165) is 25.7 Å². The third kappa shape index (κ3) is 2.76. The number of nitrogens with zero attached hydrogens (tertiary/aromatic N) is 3. The summed E-state index contributed by atoms with van der Waals surface area (Å²) < 4.78 is 6.08. The number of benzene rings is 1. The second-order valence-corrected chi connectivity index (χ2v) is 8.27. The molecular formula is C20H17N3O5S. The molecular weight excluding hydrogens is 394 g/mol. The number of thiazole rings is 1. The summed E-state index contributed by atoms with van der Waals surface area (Å²) >= 11 is 1.29. The van der Waals surface area contributed by atoms with Crippen molar-refractivity contribution in [2.75, 3.05) is 4.90 Å². The number of rotatable bonds is 3. The number of aromatic nitrogens is 1. The maximum absolute atomic E-state index is 13.4. The largest absolute Gasteiger partial charge is 0.483 e. The summed E-state index contributed by atoms with van der Waals surface area (Å²) in [6.07, 6.45) is 4.80. The highest BCUT2D eigenvalue weighted by molar-refractivity contribution is 7.13. The number of Topliss-reactive ketones (excluding diaryl/α,β-unsaturated/α-hetero) is 1. The van der Waals surface area contributed by atoms with Gasteiger partial charge in [-0.05, 0) is 37.0 Å². The van der Waals surface area contributed by atoms with Crippen molar-refractivity contribution >= 4 is 33.8 Å². The molecule has 1 fully saturated rings. The van der Waals surface area contributed by atoms with Gasteiger partial charge in [0.25, 0.3) is 11.6 Å². The average Bonchev–Trinajstić information content (AvgIpc) is 3.35. The topological polar surface area (TPSA) is 103 Å². The van der Waals surface area contributed by atoms with Gasteiger partial charge in [-0.25, -0.2) is 4.98 Å². The predicted molar refractivity (Wildman–Crippen MR) is 104 cm³/mol. The van der Waals surface area contributed by atoms with E-state index < -0.39 is 11.0 Å². The first-order chi connectivity index (χ1) is 14.1. The van der Waals surface area contributed by atoms with E-state index in [4.69, 9.17) is 4.74 Å². The van der Waals surface area contributed by atoms with Crippen LogP contribution in [0.4, 0.5) is 10.8 Å². The highest BCUT2D eigenvalue weighted by Gasteiger charge is 2.53. The number of non-ortho nitro benzene ring substituents is 1. The van der Waals surface area contributed by atoms with E-state index in [2.05, 4.69) is 4.98 Å². The highest BCUT2D eigenvalue weighted by Crippen LogP contribution is 2.48. The summed E-state index contributed by atoms with van der Waals surface area (Å²) in [6, 6.07) is 5.26. The fourth-order valence-corrected chi connectivity index (χ4v) is 5.14. The van der Waals surface area contributed by atoms with Crippen molar-refractivity contribution in [3.05, 3.63) is 62.9 Å². The molecule has 2 aliphatic heterocycles. The third-order valence-electron chi connectivity index (χ3n) is 5.81. The molecule has 0 spiro atoms. The molecule has 0 bridgehead atoms. The molecule has 1 aromatic carbocycles. The minimum absolute atomic E-state index is 0.0493. The molecule has 9 heteroatoms. The number of nitro benzene ring substituents is 1. The van der Waals surface area contributed by atoms with Crippen molar-refractivity contribution in [1.29, 1.82) is 0 Å². The molecule has 1 aromatic heterocycles. The zero-order valence-corrected chi connectivity index (χ0v) is 16.1. The van der Waals surface area contributed by atoms with Crippen molar-refractivity contribution in [3.8, 4) is 0 Å². The number of nitro groups is 1. The van der Waals surface area contributed by atoms with Crippen LogP contribution in [0.5, 0.6) is 0 Å². The summed E-state index contributed by atoms with van der Waals surface area (Å²) in [4.78, 5) is 43.0. The minimum Gasteiger partial charge on any atom is -0.483 e. The van der Waals surface area contributed by atoms with Gasteiger partial charge >= 0.3 is 0 Å². The molecule has 2 aromatic rings. The van der Waals surface area contributed by atoms with Crippen LogP contribution in [0, 0.1) is 16.0 Å². The Kier molecular flexibility index (Phi) is 4.20. The summed E-state index contributed by atoms with van der Waals surface area (Å²) in [5, 5.41) is 13.2. The number of ether oxygens (including phenoxy) is 1. The van der Waals surface area contributed by atoms with E-state index in [9.17, 15) is 19.7 Å². The molecule has 1 saturated carbocycles. The highest BCUT2D eigenvalue weighted by atomic mass is 32.1. The number of ketones is 1. The van der Waals surface area contributed by atoms with Crippen molar-refractivity contribution < 1.29 is 19.2 Å². The zero-order chi connectivity index (χ0) is 20.1. The molecule has 0 N–H and O–H groups in total. The maximum atomic E-state index is 13.4. The van der Waals surface area contributed by atoms with Gasteiger partial charge < -0.3 is 4.74 Å². The number of carbonyl (C=O) groups is 2. The van der Waals surface area contributed by atoms with Gasteiger partial charge in [0.15, 0.2) is 16.7 Å². The van der Waals surface area contributed by atoms with E-state index in [-0.39, 0.29) is 35.2 Å². The Morgan fingerprint density at radius 1 is 1.17 bits per heavy atom. The van der Waals surface area contributed by atoms with Crippen molar-refractivity contribution in [3.63, 3.8) is 0 Å². The van der Waals surface area contributed by atoms with Crippen LogP contribution in [0.15, 0.2) is 47.2 Å². The molecule has 148 valence electrons. The van der Waals surface area contributed by atoms with Gasteiger partial charge in [-0.1, -0.05) is 6.42 Å². The van der Waals surface area contributed by atoms with Crippen LogP contribution in [-0.4, -0.2) is 27.7 Å². The SMILES string of the molecule is O=C1C2=C(OC3CCCCC13)C(=O)N(c1nccs1)C2c1ccc([N+](=O)[O-])cc1. The Labute approximate surface area is 170 Å². The molecule has 5 rings (SSSR count). The quantitative estimate of drug-likeness (QED) is 0.565. The Hall–Kier alpha value is -3.07. The van der Waals surface area contributed by atoms with Gasteiger partial charge in [0.05, 0.1) is 22.5 Å². The van der Waals surface area contributed by atoms with Crippen LogP contribution in [0.3, 0.4) is 0 Å². The van der Waals surface area contributed by atoms with E-state index in [1.54, 1.807) is 23.7 Å². The Morgan fingerprint density at radius 2 is 1.93 bits per heavy atom. The maximum Gasteiger partial charge on any atom is 0.296 e. The number of fused-ring (bicyclic) bond motifs is 1. The van der Waals surface area contributed by atoms with Gasteiger partial charge in [0, 0.05) is 23.7 Å². The number of hydrogen-bond donors (Lipinski definition) is 0. The number of amides is 1. The van der Waals surface area contributed by atoms with Gasteiger partial charge in [-0.2, -0.15) is 0 Å². The summed E-state index contributed by atoms with van der Waals surface area (Å²) in [7, 11) is 0. The van der Waals surface area contributed by atoms with Crippen molar-refractivity contribution in [1.82, 2.24) is 4.98 Å². The van der Waals surface area contributed by atoms with E-state index in [0.29, 0.717) is 16.3 Å². The summed E-state index contributed by atoms with van der Waals surface area (Å²) in [5.41, 5.74) is 0.921. The first-order valence-electron chi connectivity index (χ1n) is 9.48. The van der Waals surface area contributed by atoms with Crippen LogP contribution >= 0.6 is 11.3 Å². The fourth-order valence-electron chi connectivity index (χ4n) is 4.47.